The van der Waals surface area contributed by atoms with E-state index in [0.29, 0.717) is 39.4 Å². The molecule has 0 aliphatic rings. The molecule has 0 saturated heterocycles. The summed E-state index contributed by atoms with van der Waals surface area (Å²) in [5.74, 6) is -1.09. The maximum atomic E-state index is 13.2. The second kappa shape index (κ2) is 8.07. The SMILES string of the molecule is CCCOC(=O)[C@H](C)c1c(C)n(C(=O)c2ccc(Cl)cc2)c2ccc(O)cc12. The fourth-order valence-electron chi connectivity index (χ4n) is 3.41. The minimum atomic E-state index is -0.574. The minimum absolute atomic E-state index is 0.0685. The highest BCUT2D eigenvalue weighted by Gasteiger charge is 2.27. The van der Waals surface area contributed by atoms with Crippen LogP contribution in [0.4, 0.5) is 0 Å². The van der Waals surface area contributed by atoms with Gasteiger partial charge in [-0.3, -0.25) is 14.2 Å². The van der Waals surface area contributed by atoms with Gasteiger partial charge in [-0.1, -0.05) is 18.5 Å². The third-order valence-corrected chi connectivity index (χ3v) is 5.02. The van der Waals surface area contributed by atoms with E-state index >= 15 is 0 Å². The van der Waals surface area contributed by atoms with Gasteiger partial charge < -0.3 is 9.84 Å². The third kappa shape index (κ3) is 3.62. The summed E-state index contributed by atoms with van der Waals surface area (Å²) >= 11 is 5.93. The molecule has 0 unspecified atom stereocenters. The Bertz CT molecular complexity index is 1040. The maximum absolute atomic E-state index is 13.2. The number of nitrogens with zero attached hydrogens (tertiary/aromatic N) is 1. The van der Waals surface area contributed by atoms with Gasteiger partial charge in [0.1, 0.15) is 5.75 Å². The van der Waals surface area contributed by atoms with Crippen molar-refractivity contribution >= 4 is 34.4 Å². The van der Waals surface area contributed by atoms with Gasteiger partial charge in [0, 0.05) is 21.7 Å². The number of fused-ring (bicyclic) bond motifs is 1. The summed E-state index contributed by atoms with van der Waals surface area (Å²) in [4.78, 5) is 25.7. The van der Waals surface area contributed by atoms with Gasteiger partial charge in [-0.05, 0) is 68.3 Å². The molecule has 0 aliphatic carbocycles. The molecule has 0 amide bonds. The van der Waals surface area contributed by atoms with E-state index in [0.717, 1.165) is 6.42 Å². The molecule has 0 radical (unpaired) electrons. The van der Waals surface area contributed by atoms with Crippen LogP contribution in [0.2, 0.25) is 5.02 Å². The summed E-state index contributed by atoms with van der Waals surface area (Å²) in [5, 5.41) is 11.2. The molecule has 0 saturated carbocycles. The first kappa shape index (κ1) is 20.0. The molecule has 0 spiro atoms. The number of aromatic hydroxyl groups is 1. The lowest BCUT2D eigenvalue weighted by Gasteiger charge is -2.13. The zero-order chi connectivity index (χ0) is 20.4. The molecular formula is C22H22ClNO4. The second-order valence-electron chi connectivity index (χ2n) is 6.74. The van der Waals surface area contributed by atoms with Gasteiger partial charge >= 0.3 is 5.97 Å². The Morgan fingerprint density at radius 3 is 2.50 bits per heavy atom. The molecule has 1 atom stereocenters. The van der Waals surface area contributed by atoms with Gasteiger partial charge in [0.2, 0.25) is 0 Å². The van der Waals surface area contributed by atoms with Crippen molar-refractivity contribution in [3.63, 3.8) is 0 Å². The highest BCUT2D eigenvalue weighted by molar-refractivity contribution is 6.30. The number of halogens is 1. The van der Waals surface area contributed by atoms with E-state index in [1.165, 1.54) is 6.07 Å². The number of esters is 1. The predicted octanol–water partition coefficient (Wildman–Crippen LogP) is 5.05. The number of phenols is 1. The Morgan fingerprint density at radius 1 is 1.18 bits per heavy atom. The highest BCUT2D eigenvalue weighted by Crippen LogP contribution is 2.35. The van der Waals surface area contributed by atoms with Gasteiger partial charge in [0.25, 0.3) is 5.91 Å². The van der Waals surface area contributed by atoms with Crippen molar-refractivity contribution in [1.29, 1.82) is 0 Å². The molecule has 0 bridgehead atoms. The Labute approximate surface area is 168 Å². The van der Waals surface area contributed by atoms with Crippen LogP contribution in [0.3, 0.4) is 0 Å². The molecule has 1 aromatic heterocycles. The lowest BCUT2D eigenvalue weighted by Crippen LogP contribution is -2.17. The van der Waals surface area contributed by atoms with E-state index in [1.54, 1.807) is 54.8 Å². The lowest BCUT2D eigenvalue weighted by molar-refractivity contribution is -0.145. The number of carbonyl (C=O) groups is 2. The smallest absolute Gasteiger partial charge is 0.313 e. The largest absolute Gasteiger partial charge is 0.508 e. The molecule has 1 N–H and O–H groups in total. The molecule has 2 aromatic carbocycles. The van der Waals surface area contributed by atoms with Gasteiger partial charge in [0.15, 0.2) is 0 Å². The van der Waals surface area contributed by atoms with Crippen LogP contribution in [-0.2, 0) is 9.53 Å². The fourth-order valence-corrected chi connectivity index (χ4v) is 3.53. The number of aromatic nitrogens is 1. The average molecular weight is 400 g/mol. The van der Waals surface area contributed by atoms with E-state index in [4.69, 9.17) is 16.3 Å². The number of phenolic OH excluding ortho intramolecular Hbond substituents is 1. The van der Waals surface area contributed by atoms with Crippen LogP contribution in [0.1, 0.15) is 47.8 Å². The number of carbonyl (C=O) groups excluding carboxylic acids is 2. The molecule has 0 fully saturated rings. The lowest BCUT2D eigenvalue weighted by atomic mass is 9.98. The van der Waals surface area contributed by atoms with E-state index in [2.05, 4.69) is 0 Å². The number of hydrogen-bond acceptors (Lipinski definition) is 4. The number of ether oxygens (including phenoxy) is 1. The van der Waals surface area contributed by atoms with Crippen LogP contribution in [0.15, 0.2) is 42.5 Å². The zero-order valence-electron chi connectivity index (χ0n) is 16.0. The maximum Gasteiger partial charge on any atom is 0.313 e. The summed E-state index contributed by atoms with van der Waals surface area (Å²) in [6.07, 6.45) is 0.731. The van der Waals surface area contributed by atoms with Crippen molar-refractivity contribution in [2.45, 2.75) is 33.1 Å². The summed E-state index contributed by atoms with van der Waals surface area (Å²) in [5.41, 5.74) is 2.42. The first-order valence-electron chi connectivity index (χ1n) is 9.16. The third-order valence-electron chi connectivity index (χ3n) is 4.77. The molecule has 3 rings (SSSR count). The number of rotatable bonds is 5. The van der Waals surface area contributed by atoms with Crippen LogP contribution in [0.25, 0.3) is 10.9 Å². The number of hydrogen-bond donors (Lipinski definition) is 1. The summed E-state index contributed by atoms with van der Waals surface area (Å²) in [6.45, 7) is 5.82. The van der Waals surface area contributed by atoms with Gasteiger partial charge in [-0.15, -0.1) is 0 Å². The molecule has 1 heterocycles. The fraction of sp³-hybridized carbons (Fsp3) is 0.273. The van der Waals surface area contributed by atoms with Gasteiger partial charge in [-0.2, -0.15) is 0 Å². The molecule has 6 heteroatoms. The van der Waals surface area contributed by atoms with E-state index < -0.39 is 5.92 Å². The van der Waals surface area contributed by atoms with E-state index in [1.807, 2.05) is 6.92 Å². The van der Waals surface area contributed by atoms with Crippen molar-refractivity contribution in [2.24, 2.45) is 0 Å². The van der Waals surface area contributed by atoms with Crippen molar-refractivity contribution < 1.29 is 19.4 Å². The topological polar surface area (TPSA) is 68.5 Å². The Morgan fingerprint density at radius 2 is 1.86 bits per heavy atom. The summed E-state index contributed by atoms with van der Waals surface area (Å²) in [6, 6.07) is 11.4. The van der Waals surface area contributed by atoms with Crippen LogP contribution in [0.5, 0.6) is 5.75 Å². The van der Waals surface area contributed by atoms with Gasteiger partial charge in [-0.25, -0.2) is 0 Å². The first-order chi connectivity index (χ1) is 13.3. The molecular weight excluding hydrogens is 378 g/mol. The second-order valence-corrected chi connectivity index (χ2v) is 7.17. The first-order valence-corrected chi connectivity index (χ1v) is 9.53. The van der Waals surface area contributed by atoms with Crippen molar-refractivity contribution in [3.05, 3.63) is 64.3 Å². The minimum Gasteiger partial charge on any atom is -0.508 e. The normalized spacial score (nSPS) is 12.1. The van der Waals surface area contributed by atoms with Crippen molar-refractivity contribution in [1.82, 2.24) is 4.57 Å². The summed E-state index contributed by atoms with van der Waals surface area (Å²) < 4.78 is 6.87. The Kier molecular flexibility index (Phi) is 5.75. The zero-order valence-corrected chi connectivity index (χ0v) is 16.8. The Hall–Kier alpha value is -2.79. The van der Waals surface area contributed by atoms with Crippen LogP contribution >= 0.6 is 11.6 Å². The van der Waals surface area contributed by atoms with Crippen molar-refractivity contribution in [2.75, 3.05) is 6.61 Å². The predicted molar refractivity (Wildman–Crippen MR) is 109 cm³/mol. The molecule has 0 aliphatic heterocycles. The van der Waals surface area contributed by atoms with Crippen LogP contribution in [-0.4, -0.2) is 28.2 Å². The van der Waals surface area contributed by atoms with E-state index in [-0.39, 0.29) is 17.6 Å². The molecule has 3 aromatic rings. The highest BCUT2D eigenvalue weighted by atomic mass is 35.5. The quantitative estimate of drug-likeness (QED) is 0.609. The van der Waals surface area contributed by atoms with Crippen LogP contribution < -0.4 is 0 Å². The van der Waals surface area contributed by atoms with E-state index in [9.17, 15) is 14.7 Å². The monoisotopic (exact) mass is 399 g/mol. The van der Waals surface area contributed by atoms with Crippen LogP contribution in [0, 0.1) is 6.92 Å². The van der Waals surface area contributed by atoms with Gasteiger partial charge in [0.05, 0.1) is 18.0 Å². The average Bonchev–Trinajstić information content (AvgIpc) is 2.96. The molecule has 5 nitrogen and oxygen atoms in total. The Balaban J connectivity index is 2.16. The number of benzene rings is 2. The molecule has 28 heavy (non-hydrogen) atoms. The standard InChI is InChI=1S/C22H22ClNO4/c1-4-11-28-22(27)13(2)20-14(3)24(19-10-9-17(25)12-18(19)20)21(26)15-5-7-16(23)8-6-15/h5-10,12-13,25H,4,11H2,1-3H3/t13-/m1/s1. The summed E-state index contributed by atoms with van der Waals surface area (Å²) in [7, 11) is 0. The molecule has 146 valence electrons. The van der Waals surface area contributed by atoms with Crippen molar-refractivity contribution in [3.8, 4) is 5.75 Å².